The van der Waals surface area contributed by atoms with Gasteiger partial charge in [-0.05, 0) is 83.0 Å². The molecule has 6 aliphatic heterocycles. The van der Waals surface area contributed by atoms with Crippen LogP contribution in [0.2, 0.25) is 0 Å². The highest BCUT2D eigenvalue weighted by Gasteiger charge is 2.48. The number of ether oxygens (including phenoxy) is 7. The lowest BCUT2D eigenvalue weighted by atomic mass is 9.92. The molecule has 36 heteroatoms. The van der Waals surface area contributed by atoms with E-state index in [0.717, 1.165) is 5.92 Å². The van der Waals surface area contributed by atoms with Gasteiger partial charge in [0.25, 0.3) is 0 Å². The molecule has 0 spiro atoms. The topological polar surface area (TPSA) is 491 Å². The van der Waals surface area contributed by atoms with Gasteiger partial charge < -0.3 is 109 Å². The molecule has 0 bridgehead atoms. The van der Waals surface area contributed by atoms with Gasteiger partial charge in [0.2, 0.25) is 17.7 Å². The van der Waals surface area contributed by atoms with Crippen LogP contribution in [-0.4, -0.2) is 307 Å². The van der Waals surface area contributed by atoms with Crippen LogP contribution >= 0.6 is 15.6 Å². The van der Waals surface area contributed by atoms with Crippen LogP contribution in [0.15, 0.2) is 0 Å². The van der Waals surface area contributed by atoms with Crippen LogP contribution in [-0.2, 0) is 89.2 Å². The van der Waals surface area contributed by atoms with Gasteiger partial charge in [-0.25, -0.2) is 9.13 Å². The number of unbranched alkanes of at least 4 members (excludes halogenated alkanes) is 9. The fourth-order valence-electron chi connectivity index (χ4n) is 14.5. The molecule has 3 amide bonds. The Morgan fingerprint density at radius 2 is 0.673 bits per heavy atom. The summed E-state index contributed by atoms with van der Waals surface area (Å²) in [6.07, 6.45) is -5.65. The molecule has 0 aromatic carbocycles. The Kier molecular flexibility index (Phi) is 44.8. The summed E-state index contributed by atoms with van der Waals surface area (Å²) in [5, 5.41) is 100. The fraction of sp³-hybridized carbons (Fsp3) is 0.919. The molecule has 0 saturated carbocycles. The van der Waals surface area contributed by atoms with Gasteiger partial charge in [0, 0.05) is 102 Å². The summed E-state index contributed by atoms with van der Waals surface area (Å²) in [6, 6.07) is -2.26. The second-order valence-electron chi connectivity index (χ2n) is 31.1. The van der Waals surface area contributed by atoms with E-state index >= 15 is 0 Å². The van der Waals surface area contributed by atoms with Gasteiger partial charge in [0.1, 0.15) is 54.0 Å². The summed E-state index contributed by atoms with van der Waals surface area (Å²) < 4.78 is 89.0. The molecule has 34 nitrogen and oxygen atoms in total. The molecule has 6 fully saturated rings. The number of β-amino-alcohol motifs (C(OH)–C–C–N with tert-alkyl or cyclic N) is 1. The molecule has 6 heterocycles. The van der Waals surface area contributed by atoms with Gasteiger partial charge in [-0.3, -0.25) is 46.9 Å². The number of phosphoric ester groups is 2. The summed E-state index contributed by atoms with van der Waals surface area (Å²) in [4.78, 5) is 106. The lowest BCUT2D eigenvalue weighted by molar-refractivity contribution is -0.282. The highest BCUT2D eigenvalue weighted by Crippen LogP contribution is 2.50. The van der Waals surface area contributed by atoms with E-state index < -0.39 is 183 Å². The number of amides is 3. The van der Waals surface area contributed by atoms with Crippen LogP contribution in [0.4, 0.5) is 0 Å². The number of ketones is 3. The normalized spacial score (nSPS) is 31.7. The first-order valence-electron chi connectivity index (χ1n) is 39.9. The standard InChI is InChI=1S/C70H123N3O31P2.C4H10/c1-44-62(84)65(87)56(38-74)100-68(44)95-29-17-23-50(77)20-11-5-8-14-26-59(81)71-35-53(80)32-47(71)42-98-105(90,91)104-55-34-49(73(37-55)61(83)28-16-10-7-13-22-52(79)25-19-31-97-70-46(3)64(86)67(89)58(40-76)102-70)43-99-106(92,93)103-54-33-48(41-94-4)72(36-54)60(82)27-15-9-6-12-21-51(78)24-18-30-96-69-45(2)63(85)66(88)57(39-75)101-69;1-4(2)3/h44-49,53-58,62-70,74-76,80,84-89H,5-43H2,1-4H3,(H,90,91)(H,92,93);4H,1-3H3/t44-,45-,46-,47-,48-,49-,53+,54+,55+,56?,57?,58?,62?,63?,64?,65-,66-,67-,68+,69+,70+;/m0./s1. The Hall–Kier alpha value is -3.04. The van der Waals surface area contributed by atoms with Crippen molar-refractivity contribution in [1.29, 1.82) is 0 Å². The van der Waals surface area contributed by atoms with Crippen molar-refractivity contribution in [3.05, 3.63) is 0 Å². The van der Waals surface area contributed by atoms with Crippen LogP contribution in [0.1, 0.15) is 215 Å². The van der Waals surface area contributed by atoms with E-state index in [1.807, 2.05) is 0 Å². The van der Waals surface area contributed by atoms with Crippen molar-refractivity contribution >= 4 is 50.7 Å². The predicted molar refractivity (Wildman–Crippen MR) is 395 cm³/mol. The van der Waals surface area contributed by atoms with Gasteiger partial charge >= 0.3 is 15.6 Å². The molecule has 0 aromatic heterocycles. The Labute approximate surface area is 647 Å². The van der Waals surface area contributed by atoms with Crippen molar-refractivity contribution in [1.82, 2.24) is 14.7 Å². The summed E-state index contributed by atoms with van der Waals surface area (Å²) in [7, 11) is -8.42. The number of nitrogens with zero attached hydrogens (tertiary/aromatic N) is 3. The Balaban J connectivity index is 0.00000528. The highest BCUT2D eigenvalue weighted by atomic mass is 31.2. The third kappa shape index (κ3) is 33.5. The number of hydrogen-bond acceptors (Lipinski definition) is 29. The number of carbonyl (C=O) groups is 6. The number of methoxy groups -OCH3 is 1. The van der Waals surface area contributed by atoms with Gasteiger partial charge in [-0.15, -0.1) is 0 Å². The first kappa shape index (κ1) is 97.5. The first-order valence-corrected chi connectivity index (χ1v) is 42.9. The lowest BCUT2D eigenvalue weighted by Gasteiger charge is -2.40. The second-order valence-corrected chi connectivity index (χ2v) is 33.9. The van der Waals surface area contributed by atoms with E-state index in [-0.39, 0.29) is 139 Å². The molecule has 0 aromatic rings. The predicted octanol–water partition coefficient (Wildman–Crippen LogP) is 3.81. The third-order valence-corrected chi connectivity index (χ3v) is 23.0. The minimum atomic E-state index is -4.95. The van der Waals surface area contributed by atoms with E-state index in [0.29, 0.717) is 109 Å². The van der Waals surface area contributed by atoms with Crippen molar-refractivity contribution in [2.45, 2.75) is 325 Å². The summed E-state index contributed by atoms with van der Waals surface area (Å²) in [5.41, 5.74) is 0. The largest absolute Gasteiger partial charge is 0.472 e. The maximum atomic E-state index is 14.0. The van der Waals surface area contributed by atoms with E-state index in [1.54, 1.807) is 25.7 Å². The van der Waals surface area contributed by atoms with Gasteiger partial charge in [0.05, 0.1) is 114 Å². The number of aliphatic hydroxyl groups excluding tert-OH is 10. The molecule has 640 valence electrons. The summed E-state index contributed by atoms with van der Waals surface area (Å²) in [6.45, 7) is 9.20. The SMILES string of the molecule is CC(C)C.COC[C@@H]1C[C@@H](OP(=O)(O)OC[C@@H]2C[C@@H](OP(=O)(O)OC[C@@H]3C[C@@H](O)CN3C(=O)CCCCCCC(=O)CCCO[C@@H]3OC(CO)[C@H](O)C(O)[C@@H]3C)CN2C(=O)CCCCCCC(=O)CCCO[C@@H]2OC(CO)[C@H](O)C(O)[C@@H]2C)CN1C(=O)CCCCCCC(=O)CCCO[C@@H]1OC(CO)[C@H](O)C(O)[C@@H]1C. The van der Waals surface area contributed by atoms with Gasteiger partial charge in [-0.1, -0.05) is 80.1 Å². The smallest absolute Gasteiger partial charge is 0.394 e. The molecule has 0 radical (unpaired) electrons. The van der Waals surface area contributed by atoms with Crippen LogP contribution in [0.3, 0.4) is 0 Å². The Bertz CT molecular complexity index is 2790. The minimum absolute atomic E-state index is 0.00558. The molecule has 6 rings (SSSR count). The average Bonchev–Trinajstić information content (AvgIpc) is 1.56. The van der Waals surface area contributed by atoms with Crippen LogP contribution in [0.25, 0.3) is 0 Å². The number of carbonyl (C=O) groups excluding carboxylic acids is 6. The minimum Gasteiger partial charge on any atom is -0.394 e. The average molecular weight is 1620 g/mol. The van der Waals surface area contributed by atoms with Crippen molar-refractivity contribution in [2.75, 3.05) is 86.2 Å². The quantitative estimate of drug-likeness (QED) is 0.0304. The summed E-state index contributed by atoms with van der Waals surface area (Å²) in [5.74, 6) is -1.72. The molecule has 6 saturated heterocycles. The van der Waals surface area contributed by atoms with E-state index in [9.17, 15) is 98.7 Å². The number of rotatable bonds is 51. The maximum Gasteiger partial charge on any atom is 0.472 e. The zero-order valence-corrected chi connectivity index (χ0v) is 67.4. The second kappa shape index (κ2) is 50.6. The number of phosphoric acid groups is 2. The highest BCUT2D eigenvalue weighted by molar-refractivity contribution is 7.47. The molecule has 8 unspecified atom stereocenters. The molecule has 6 aliphatic rings. The molecule has 0 aliphatic carbocycles. The number of aliphatic hydroxyl groups is 10. The van der Waals surface area contributed by atoms with Crippen LogP contribution in [0.5, 0.6) is 0 Å². The fourth-order valence-corrected chi connectivity index (χ4v) is 16.4. The molecule has 23 atom stereocenters. The van der Waals surface area contributed by atoms with Crippen LogP contribution < -0.4 is 0 Å². The third-order valence-electron chi connectivity index (χ3n) is 20.9. The van der Waals surface area contributed by atoms with E-state index in [4.69, 9.17) is 51.3 Å². The zero-order valence-electron chi connectivity index (χ0n) is 65.6. The lowest BCUT2D eigenvalue weighted by Crippen LogP contribution is -2.55. The Morgan fingerprint density at radius 3 is 0.973 bits per heavy atom. The van der Waals surface area contributed by atoms with E-state index in [2.05, 4.69) is 20.8 Å². The van der Waals surface area contributed by atoms with Crippen molar-refractivity contribution in [2.24, 2.45) is 23.7 Å². The number of likely N-dealkylation sites (tertiary alicyclic amines) is 3. The first-order chi connectivity index (χ1) is 52.2. The number of Topliss-reactive ketones (excluding diaryl/α,β-unsaturated/α-hetero) is 3. The maximum absolute atomic E-state index is 14.0. The zero-order chi connectivity index (χ0) is 81.3. The summed E-state index contributed by atoms with van der Waals surface area (Å²) >= 11 is 0. The van der Waals surface area contributed by atoms with E-state index in [1.165, 1.54) is 16.9 Å². The van der Waals surface area contributed by atoms with Gasteiger partial charge in [0.15, 0.2) is 18.9 Å². The van der Waals surface area contributed by atoms with Gasteiger partial charge in [-0.2, -0.15) is 0 Å². The number of hydrogen-bond donors (Lipinski definition) is 12. The van der Waals surface area contributed by atoms with Crippen LogP contribution in [0, 0.1) is 23.7 Å². The Morgan fingerprint density at radius 1 is 0.400 bits per heavy atom. The van der Waals surface area contributed by atoms with Crippen molar-refractivity contribution in [3.63, 3.8) is 0 Å². The van der Waals surface area contributed by atoms with Crippen molar-refractivity contribution in [3.8, 4) is 0 Å². The molecule has 110 heavy (non-hydrogen) atoms. The monoisotopic (exact) mass is 1620 g/mol. The molecular weight excluding hydrogens is 1490 g/mol. The molecule has 12 N–H and O–H groups in total. The van der Waals surface area contributed by atoms with Crippen molar-refractivity contribution < 1.29 is 150 Å². The molecular formula is C74H133N3O31P2.